The highest BCUT2D eigenvalue weighted by atomic mass is 14.9. The molecule has 4 aromatic carbocycles. The quantitative estimate of drug-likeness (QED) is 0.222. The number of fused-ring (bicyclic) bond motifs is 3. The Hall–Kier alpha value is -5.08. The third-order valence-corrected chi connectivity index (χ3v) is 9.32. The van der Waals surface area contributed by atoms with Gasteiger partial charge in [-0.25, -0.2) is 9.97 Å². The van der Waals surface area contributed by atoms with E-state index in [1.165, 1.54) is 33.4 Å². The number of hydrogen-bond acceptors (Lipinski definition) is 2. The van der Waals surface area contributed by atoms with Crippen LogP contribution in [0.25, 0.3) is 45.0 Å². The van der Waals surface area contributed by atoms with Gasteiger partial charge < -0.3 is 0 Å². The van der Waals surface area contributed by atoms with Crippen LogP contribution in [0.4, 0.5) is 0 Å². The van der Waals surface area contributed by atoms with Crippen molar-refractivity contribution < 1.29 is 0 Å². The molecule has 0 saturated heterocycles. The van der Waals surface area contributed by atoms with E-state index in [0.717, 1.165) is 40.3 Å². The van der Waals surface area contributed by atoms with Gasteiger partial charge in [0.05, 0.1) is 11.4 Å². The average Bonchev–Trinajstić information content (AvgIpc) is 3.30. The molecule has 3 aliphatic rings. The van der Waals surface area contributed by atoms with Crippen molar-refractivity contribution in [2.45, 2.75) is 25.7 Å². The Morgan fingerprint density at radius 1 is 0.605 bits per heavy atom. The molecule has 1 atom stereocenters. The molecule has 3 aliphatic carbocycles. The largest absolute Gasteiger partial charge is 0.228 e. The highest BCUT2D eigenvalue weighted by Gasteiger charge is 2.43. The number of benzene rings is 4. The van der Waals surface area contributed by atoms with E-state index in [-0.39, 0.29) is 5.41 Å². The molecule has 0 spiro atoms. The molecule has 2 heteroatoms. The van der Waals surface area contributed by atoms with Crippen molar-refractivity contribution in [3.63, 3.8) is 0 Å². The molecule has 43 heavy (non-hydrogen) atoms. The Kier molecular flexibility index (Phi) is 5.97. The second kappa shape index (κ2) is 10.0. The zero-order valence-corrected chi connectivity index (χ0v) is 24.5. The summed E-state index contributed by atoms with van der Waals surface area (Å²) in [6.07, 6.45) is 10.2. The van der Waals surface area contributed by atoms with Crippen LogP contribution in [0.1, 0.15) is 37.0 Å². The lowest BCUT2D eigenvalue weighted by Crippen LogP contribution is -2.22. The van der Waals surface area contributed by atoms with Gasteiger partial charge in [-0.05, 0) is 45.9 Å². The fourth-order valence-corrected chi connectivity index (χ4v) is 7.11. The van der Waals surface area contributed by atoms with E-state index < -0.39 is 0 Å². The van der Waals surface area contributed by atoms with Gasteiger partial charge in [-0.1, -0.05) is 153 Å². The highest BCUT2D eigenvalue weighted by Crippen LogP contribution is 2.57. The Labute approximate surface area is 253 Å². The number of aromatic nitrogens is 2. The Morgan fingerprint density at radius 2 is 1.21 bits per heavy atom. The summed E-state index contributed by atoms with van der Waals surface area (Å²) in [5, 5.41) is 0. The minimum Gasteiger partial charge on any atom is -0.228 e. The third-order valence-electron chi connectivity index (χ3n) is 9.32. The Morgan fingerprint density at radius 3 is 1.88 bits per heavy atom. The summed E-state index contributed by atoms with van der Waals surface area (Å²) in [5.41, 5.74) is 14.8. The zero-order chi connectivity index (χ0) is 29.0. The number of rotatable bonds is 4. The molecule has 0 N–H and O–H groups in total. The zero-order valence-electron chi connectivity index (χ0n) is 24.5. The first kappa shape index (κ1) is 25.6. The van der Waals surface area contributed by atoms with E-state index in [1.807, 2.05) is 12.1 Å². The number of nitrogens with zero attached hydrogens (tertiary/aromatic N) is 2. The molecule has 1 aromatic heterocycles. The molecular weight excluding hydrogens is 520 g/mol. The molecule has 0 amide bonds. The molecule has 0 aliphatic heterocycles. The van der Waals surface area contributed by atoms with Gasteiger partial charge in [0.2, 0.25) is 0 Å². The topological polar surface area (TPSA) is 25.8 Å². The second-order valence-electron chi connectivity index (χ2n) is 12.2. The van der Waals surface area contributed by atoms with E-state index in [9.17, 15) is 0 Å². The first-order valence-corrected chi connectivity index (χ1v) is 15.1. The lowest BCUT2D eigenvalue weighted by Gasteiger charge is -2.33. The fourth-order valence-electron chi connectivity index (χ4n) is 7.11. The molecule has 2 nitrogen and oxygen atoms in total. The van der Waals surface area contributed by atoms with Crippen molar-refractivity contribution in [3.05, 3.63) is 167 Å². The van der Waals surface area contributed by atoms with Gasteiger partial charge >= 0.3 is 0 Å². The number of allylic oxidation sites excluding steroid dienone is 8. The third kappa shape index (κ3) is 4.25. The minimum atomic E-state index is 0.0111. The number of hydrogen-bond donors (Lipinski definition) is 0. The SMILES string of the molecule is CC1(C)C2=C(C(c3ccc(-c4nc(-c5ccccc5)cc(-c5ccccc5)n4)cc3)=C3C=CC=CC3C2)c2ccccc21. The van der Waals surface area contributed by atoms with Gasteiger partial charge in [0.15, 0.2) is 5.82 Å². The van der Waals surface area contributed by atoms with Gasteiger partial charge in [-0.3, -0.25) is 0 Å². The van der Waals surface area contributed by atoms with Crippen molar-refractivity contribution in [2.24, 2.45) is 5.92 Å². The normalized spacial score (nSPS) is 18.0. The maximum atomic E-state index is 5.06. The van der Waals surface area contributed by atoms with E-state index in [4.69, 9.17) is 9.97 Å². The summed E-state index contributed by atoms with van der Waals surface area (Å²) in [4.78, 5) is 10.1. The molecule has 0 fully saturated rings. The van der Waals surface area contributed by atoms with Gasteiger partial charge in [-0.2, -0.15) is 0 Å². The molecule has 0 saturated carbocycles. The molecule has 1 heterocycles. The smallest absolute Gasteiger partial charge is 0.160 e. The van der Waals surface area contributed by atoms with Crippen LogP contribution < -0.4 is 0 Å². The highest BCUT2D eigenvalue weighted by molar-refractivity contribution is 6.12. The van der Waals surface area contributed by atoms with Crippen LogP contribution in [0, 0.1) is 5.92 Å². The van der Waals surface area contributed by atoms with Crippen molar-refractivity contribution in [1.29, 1.82) is 0 Å². The first-order valence-electron chi connectivity index (χ1n) is 15.1. The fraction of sp³-hybridized carbons (Fsp3) is 0.122. The summed E-state index contributed by atoms with van der Waals surface area (Å²) < 4.78 is 0. The predicted molar refractivity (Wildman–Crippen MR) is 178 cm³/mol. The van der Waals surface area contributed by atoms with Crippen LogP contribution in [-0.4, -0.2) is 9.97 Å². The van der Waals surface area contributed by atoms with Crippen LogP contribution >= 0.6 is 0 Å². The summed E-state index contributed by atoms with van der Waals surface area (Å²) in [5.74, 6) is 1.13. The van der Waals surface area contributed by atoms with Gasteiger partial charge in [0.1, 0.15) is 0 Å². The molecule has 0 radical (unpaired) electrons. The maximum Gasteiger partial charge on any atom is 0.160 e. The average molecular weight is 553 g/mol. The summed E-state index contributed by atoms with van der Waals surface area (Å²) in [6.45, 7) is 4.79. The molecule has 5 aromatic rings. The molecular formula is C41H32N2. The Bertz CT molecular complexity index is 1930. The monoisotopic (exact) mass is 552 g/mol. The van der Waals surface area contributed by atoms with Crippen LogP contribution in [0.3, 0.4) is 0 Å². The van der Waals surface area contributed by atoms with Crippen LogP contribution in [0.15, 0.2) is 151 Å². The standard InChI is InChI=1S/C41H32N2/c1-41(2)34-20-12-11-19-33(34)39-35(41)25-31-17-9-10-18-32(31)38(39)29-21-23-30(24-22-29)40-42-36(27-13-5-3-6-14-27)26-37(43-40)28-15-7-4-8-16-28/h3-24,26,31H,25H2,1-2H3. The van der Waals surface area contributed by atoms with Crippen LogP contribution in [0.2, 0.25) is 0 Å². The van der Waals surface area contributed by atoms with E-state index in [0.29, 0.717) is 5.92 Å². The molecule has 206 valence electrons. The van der Waals surface area contributed by atoms with Crippen molar-refractivity contribution in [3.8, 4) is 33.9 Å². The van der Waals surface area contributed by atoms with Crippen LogP contribution in [0.5, 0.6) is 0 Å². The summed E-state index contributed by atoms with van der Waals surface area (Å²) in [7, 11) is 0. The molecule has 0 bridgehead atoms. The van der Waals surface area contributed by atoms with E-state index >= 15 is 0 Å². The van der Waals surface area contributed by atoms with Crippen molar-refractivity contribution >= 4 is 11.1 Å². The van der Waals surface area contributed by atoms with Crippen molar-refractivity contribution in [1.82, 2.24) is 9.97 Å². The second-order valence-corrected chi connectivity index (χ2v) is 12.2. The summed E-state index contributed by atoms with van der Waals surface area (Å²) in [6, 6.07) is 40.7. The van der Waals surface area contributed by atoms with E-state index in [1.54, 1.807) is 5.57 Å². The lowest BCUT2D eigenvalue weighted by atomic mass is 9.70. The van der Waals surface area contributed by atoms with Gasteiger partial charge in [-0.15, -0.1) is 0 Å². The molecule has 1 unspecified atom stereocenters. The minimum absolute atomic E-state index is 0.0111. The van der Waals surface area contributed by atoms with Gasteiger partial charge in [0, 0.05) is 28.0 Å². The van der Waals surface area contributed by atoms with Gasteiger partial charge in [0.25, 0.3) is 0 Å². The maximum absolute atomic E-state index is 5.06. The predicted octanol–water partition coefficient (Wildman–Crippen LogP) is 10.1. The van der Waals surface area contributed by atoms with E-state index in [2.05, 4.69) is 141 Å². The molecule has 8 rings (SSSR count). The van der Waals surface area contributed by atoms with Crippen LogP contribution in [-0.2, 0) is 5.41 Å². The Balaban J connectivity index is 1.26. The first-order chi connectivity index (χ1) is 21.1. The summed E-state index contributed by atoms with van der Waals surface area (Å²) >= 11 is 0. The lowest BCUT2D eigenvalue weighted by molar-refractivity contribution is 0.577. The van der Waals surface area contributed by atoms with Crippen molar-refractivity contribution in [2.75, 3.05) is 0 Å².